The van der Waals surface area contributed by atoms with Crippen molar-refractivity contribution in [1.82, 2.24) is 14.7 Å². The fraction of sp³-hybridized carbons (Fsp3) is 0.714. The fourth-order valence-corrected chi connectivity index (χ4v) is 4.82. The minimum absolute atomic E-state index is 0.249. The highest BCUT2D eigenvalue weighted by molar-refractivity contribution is 5.55. The monoisotopic (exact) mass is 391 g/mol. The van der Waals surface area contributed by atoms with E-state index < -0.39 is 0 Å². The summed E-state index contributed by atoms with van der Waals surface area (Å²) in [6.07, 6.45) is 3.31. The van der Waals surface area contributed by atoms with E-state index >= 15 is 0 Å². The molecule has 0 aromatic heterocycles. The third-order valence-electron chi connectivity index (χ3n) is 6.36. The Kier molecular flexibility index (Phi) is 6.25. The summed E-state index contributed by atoms with van der Waals surface area (Å²) in [5.74, 6) is 2.21. The Balaban J connectivity index is 1.42. The van der Waals surface area contributed by atoms with Crippen LogP contribution in [0.5, 0.6) is 17.2 Å². The third-order valence-corrected chi connectivity index (χ3v) is 6.36. The molecule has 3 aliphatic rings. The van der Waals surface area contributed by atoms with Gasteiger partial charge in [0.05, 0.1) is 7.11 Å². The SMILES string of the molecule is COc1cc(CN2CCN(C3CCN(C)CC3)[C@@H](CCO)C2)cc2c1OCO2. The summed E-state index contributed by atoms with van der Waals surface area (Å²) in [4.78, 5) is 7.57. The predicted molar refractivity (Wildman–Crippen MR) is 107 cm³/mol. The van der Waals surface area contributed by atoms with Crippen molar-refractivity contribution in [3.63, 3.8) is 0 Å². The fourth-order valence-electron chi connectivity index (χ4n) is 4.82. The molecule has 0 unspecified atom stereocenters. The van der Waals surface area contributed by atoms with E-state index in [0.29, 0.717) is 17.8 Å². The highest BCUT2D eigenvalue weighted by Gasteiger charge is 2.33. The van der Waals surface area contributed by atoms with Crippen LogP contribution in [-0.4, -0.2) is 92.2 Å². The molecule has 1 atom stereocenters. The predicted octanol–water partition coefficient (Wildman–Crippen LogP) is 1.39. The van der Waals surface area contributed by atoms with Gasteiger partial charge in [-0.15, -0.1) is 0 Å². The van der Waals surface area contributed by atoms with Crippen molar-refractivity contribution in [3.8, 4) is 17.2 Å². The highest BCUT2D eigenvalue weighted by Crippen LogP contribution is 2.42. The summed E-state index contributed by atoms with van der Waals surface area (Å²) < 4.78 is 16.6. The molecule has 0 radical (unpaired) electrons. The summed E-state index contributed by atoms with van der Waals surface area (Å²) in [6.45, 7) is 6.81. The Bertz CT molecular complexity index is 663. The van der Waals surface area contributed by atoms with Gasteiger partial charge in [-0.1, -0.05) is 0 Å². The van der Waals surface area contributed by atoms with Gasteiger partial charge in [-0.25, -0.2) is 0 Å². The Hall–Kier alpha value is -1.54. The van der Waals surface area contributed by atoms with Crippen LogP contribution in [0.2, 0.25) is 0 Å². The Labute approximate surface area is 167 Å². The normalized spacial score (nSPS) is 24.6. The van der Waals surface area contributed by atoms with Crippen molar-refractivity contribution in [2.24, 2.45) is 0 Å². The summed E-state index contributed by atoms with van der Waals surface area (Å²) >= 11 is 0. The second-order valence-electron chi connectivity index (χ2n) is 8.21. The van der Waals surface area contributed by atoms with Crippen molar-refractivity contribution in [2.45, 2.75) is 37.9 Å². The number of ether oxygens (including phenoxy) is 3. The number of hydrogen-bond donors (Lipinski definition) is 1. The van der Waals surface area contributed by atoms with Crippen LogP contribution in [0.15, 0.2) is 12.1 Å². The molecular weight excluding hydrogens is 358 g/mol. The lowest BCUT2D eigenvalue weighted by atomic mass is 9.98. The average Bonchev–Trinajstić information content (AvgIpc) is 3.17. The zero-order valence-corrected chi connectivity index (χ0v) is 17.1. The number of piperazine rings is 1. The maximum absolute atomic E-state index is 9.63. The lowest BCUT2D eigenvalue weighted by molar-refractivity contribution is 0.00598. The Morgan fingerprint density at radius 3 is 2.71 bits per heavy atom. The van der Waals surface area contributed by atoms with Gasteiger partial charge < -0.3 is 24.2 Å². The maximum Gasteiger partial charge on any atom is 0.231 e. The number of piperidine rings is 1. The van der Waals surface area contributed by atoms with Crippen LogP contribution < -0.4 is 14.2 Å². The van der Waals surface area contributed by atoms with Gasteiger partial charge in [0.15, 0.2) is 11.5 Å². The molecule has 3 heterocycles. The van der Waals surface area contributed by atoms with Gasteiger partial charge in [0.2, 0.25) is 12.5 Å². The topological polar surface area (TPSA) is 57.6 Å². The average molecular weight is 392 g/mol. The number of benzene rings is 1. The van der Waals surface area contributed by atoms with Crippen molar-refractivity contribution in [1.29, 1.82) is 0 Å². The maximum atomic E-state index is 9.63. The second kappa shape index (κ2) is 8.86. The van der Waals surface area contributed by atoms with E-state index in [-0.39, 0.29) is 13.4 Å². The first-order valence-corrected chi connectivity index (χ1v) is 10.4. The largest absolute Gasteiger partial charge is 0.493 e. The number of likely N-dealkylation sites (tertiary alicyclic amines) is 1. The van der Waals surface area contributed by atoms with Crippen LogP contribution in [0, 0.1) is 0 Å². The first kappa shape index (κ1) is 19.8. The number of rotatable bonds is 6. The zero-order valence-electron chi connectivity index (χ0n) is 17.1. The molecule has 2 saturated heterocycles. The van der Waals surface area contributed by atoms with Crippen LogP contribution in [-0.2, 0) is 6.54 Å². The van der Waals surface area contributed by atoms with E-state index in [1.807, 2.05) is 0 Å². The van der Waals surface area contributed by atoms with E-state index in [9.17, 15) is 5.11 Å². The number of fused-ring (bicyclic) bond motifs is 1. The van der Waals surface area contributed by atoms with Gasteiger partial charge >= 0.3 is 0 Å². The number of nitrogens with zero attached hydrogens (tertiary/aromatic N) is 3. The van der Waals surface area contributed by atoms with E-state index in [1.54, 1.807) is 7.11 Å². The van der Waals surface area contributed by atoms with Crippen LogP contribution in [0.4, 0.5) is 0 Å². The Morgan fingerprint density at radius 1 is 1.14 bits per heavy atom. The van der Waals surface area contributed by atoms with Crippen molar-refractivity contribution in [3.05, 3.63) is 17.7 Å². The molecule has 7 heteroatoms. The van der Waals surface area contributed by atoms with E-state index in [1.165, 1.54) is 31.5 Å². The third kappa shape index (κ3) is 4.22. The van der Waals surface area contributed by atoms with Crippen LogP contribution in [0.1, 0.15) is 24.8 Å². The summed E-state index contributed by atoms with van der Waals surface area (Å²) in [6, 6.07) is 5.19. The molecule has 156 valence electrons. The van der Waals surface area contributed by atoms with E-state index in [2.05, 4.69) is 33.9 Å². The van der Waals surface area contributed by atoms with Crippen molar-refractivity contribution in [2.75, 3.05) is 60.3 Å². The number of methoxy groups -OCH3 is 1. The Morgan fingerprint density at radius 2 is 1.96 bits per heavy atom. The number of aliphatic hydroxyl groups is 1. The number of aliphatic hydroxyl groups excluding tert-OH is 1. The van der Waals surface area contributed by atoms with Gasteiger partial charge in [0.25, 0.3) is 0 Å². The molecule has 28 heavy (non-hydrogen) atoms. The molecule has 0 bridgehead atoms. The molecule has 1 aromatic carbocycles. The summed E-state index contributed by atoms with van der Waals surface area (Å²) in [5, 5.41) is 9.63. The summed E-state index contributed by atoms with van der Waals surface area (Å²) in [5.41, 5.74) is 1.18. The lowest BCUT2D eigenvalue weighted by Crippen LogP contribution is -2.58. The van der Waals surface area contributed by atoms with Crippen LogP contribution in [0.3, 0.4) is 0 Å². The second-order valence-corrected chi connectivity index (χ2v) is 8.21. The molecule has 1 N–H and O–H groups in total. The highest BCUT2D eigenvalue weighted by atomic mass is 16.7. The molecule has 0 saturated carbocycles. The van der Waals surface area contributed by atoms with Gasteiger partial charge in [0.1, 0.15) is 0 Å². The smallest absolute Gasteiger partial charge is 0.231 e. The molecule has 1 aromatic rings. The van der Waals surface area contributed by atoms with E-state index in [0.717, 1.165) is 44.1 Å². The van der Waals surface area contributed by atoms with Gasteiger partial charge in [0, 0.05) is 44.9 Å². The molecule has 3 aliphatic heterocycles. The molecule has 4 rings (SSSR count). The first-order valence-electron chi connectivity index (χ1n) is 10.4. The molecule has 7 nitrogen and oxygen atoms in total. The van der Waals surface area contributed by atoms with Crippen molar-refractivity contribution >= 4 is 0 Å². The minimum atomic E-state index is 0.249. The molecule has 0 spiro atoms. The number of hydrogen-bond acceptors (Lipinski definition) is 7. The van der Waals surface area contributed by atoms with Gasteiger partial charge in [-0.05, 0) is 57.1 Å². The minimum Gasteiger partial charge on any atom is -0.493 e. The molecule has 0 amide bonds. The summed E-state index contributed by atoms with van der Waals surface area (Å²) in [7, 11) is 3.87. The molecule has 0 aliphatic carbocycles. The van der Waals surface area contributed by atoms with Gasteiger partial charge in [-0.3, -0.25) is 9.80 Å². The van der Waals surface area contributed by atoms with Crippen molar-refractivity contribution < 1.29 is 19.3 Å². The van der Waals surface area contributed by atoms with Crippen LogP contribution >= 0.6 is 0 Å². The molecular formula is C21H33N3O4. The van der Waals surface area contributed by atoms with E-state index in [4.69, 9.17) is 14.2 Å². The van der Waals surface area contributed by atoms with Gasteiger partial charge in [-0.2, -0.15) is 0 Å². The standard InChI is InChI=1S/C21H33N3O4/c1-22-6-3-17(4-7-22)24-9-8-23(14-18(24)5-10-25)13-16-11-19(26-2)21-20(12-16)27-15-28-21/h11-12,17-18,25H,3-10,13-15H2,1-2H3/t18-/m0/s1. The zero-order chi connectivity index (χ0) is 19.5. The lowest BCUT2D eigenvalue weighted by Gasteiger charge is -2.47. The van der Waals surface area contributed by atoms with Crippen LogP contribution in [0.25, 0.3) is 0 Å². The quantitative estimate of drug-likeness (QED) is 0.786. The first-order chi connectivity index (χ1) is 13.7. The molecule has 2 fully saturated rings.